The maximum absolute atomic E-state index is 5.54. The molecule has 7 rings (SSSR count). The zero-order valence-electron chi connectivity index (χ0n) is 31.7. The zero-order valence-corrected chi connectivity index (χ0v) is 35.7. The molecule has 6 aromatic rings. The van der Waals surface area contributed by atoms with E-state index in [0.29, 0.717) is 13.2 Å². The molecule has 0 aromatic heterocycles. The van der Waals surface area contributed by atoms with E-state index in [-0.39, 0.29) is 35.6 Å². The molecule has 0 heterocycles. The summed E-state index contributed by atoms with van der Waals surface area (Å²) in [5.74, 6) is 1.66. The first-order chi connectivity index (χ1) is 23.9. The Morgan fingerprint density at radius 3 is 1.77 bits per heavy atom. The topological polar surface area (TPSA) is 18.5 Å². The molecular weight excluding hydrogens is 759 g/mol. The van der Waals surface area contributed by atoms with Crippen molar-refractivity contribution in [2.24, 2.45) is 0 Å². The summed E-state index contributed by atoms with van der Waals surface area (Å²) in [6.07, 6.45) is 1.03. The van der Waals surface area contributed by atoms with Crippen LogP contribution in [0.15, 0.2) is 121 Å². The summed E-state index contributed by atoms with van der Waals surface area (Å²) < 4.78 is 12.5. The summed E-state index contributed by atoms with van der Waals surface area (Å²) in [4.78, 5) is 0. The molecule has 2 nitrogen and oxygen atoms in total. The van der Waals surface area contributed by atoms with Crippen molar-refractivity contribution in [1.29, 1.82) is 0 Å². The van der Waals surface area contributed by atoms with E-state index in [2.05, 4.69) is 151 Å². The Morgan fingerprint density at radius 2 is 1.23 bits per heavy atom. The van der Waals surface area contributed by atoms with Gasteiger partial charge in [0, 0.05) is 0 Å². The average Bonchev–Trinajstić information content (AvgIpc) is 3.72. The van der Waals surface area contributed by atoms with Gasteiger partial charge < -0.3 is 34.3 Å². The fourth-order valence-corrected chi connectivity index (χ4v) is 6.90. The van der Waals surface area contributed by atoms with Gasteiger partial charge in [-0.05, 0) is 42.2 Å². The van der Waals surface area contributed by atoms with Crippen molar-refractivity contribution < 1.29 is 58.5 Å². The van der Waals surface area contributed by atoms with Gasteiger partial charge in [0.25, 0.3) is 0 Å². The maximum atomic E-state index is 5.54. The standard InChI is InChI=1S/C21H25.C13H15O2.C13H10.2ClH.Zr/c1-20(2,3)16-7-9-18-14(12-16)11-15-13-17(21(4,5)6)8-10-19(15)18;1-3-14-12-8-10-6-5-7-11(10)9-13(12)15-4-2;1-3-7-12(8-4-1)11-13-9-5-2-6-10-13;;;/h7-10,12H,11H2,1-6H3;5-9H,3-4H2,1-2H3;1-10H;2*1H;/q2*-1;;;;+2/p-2. The summed E-state index contributed by atoms with van der Waals surface area (Å²) >= 11 is 1.46. The van der Waals surface area contributed by atoms with Crippen LogP contribution in [-0.4, -0.2) is 16.4 Å². The fraction of sp³-hybridized carbons (Fsp3) is 0.277. The van der Waals surface area contributed by atoms with E-state index in [0.717, 1.165) is 17.9 Å². The SMILES string of the molecule is CC(C)(C)c1[c-]c2c(cc1)-c1ccc(C(C)(C)C)cc1C2.CCOc1cc2cc[cH-]c2cc1OCC.[Cl-].[Cl-].[Zr+2]=[C](c1ccccc1)c1ccccc1. The van der Waals surface area contributed by atoms with Gasteiger partial charge in [-0.15, -0.1) is 28.0 Å². The van der Waals surface area contributed by atoms with Crippen LogP contribution in [0.2, 0.25) is 0 Å². The molecular formula is C47H50Cl2O2Zr-2. The van der Waals surface area contributed by atoms with Gasteiger partial charge in [0.15, 0.2) is 0 Å². The van der Waals surface area contributed by atoms with E-state index < -0.39 is 0 Å². The Morgan fingerprint density at radius 1 is 0.673 bits per heavy atom. The quantitative estimate of drug-likeness (QED) is 0.198. The van der Waals surface area contributed by atoms with Crippen LogP contribution in [0.4, 0.5) is 0 Å². The van der Waals surface area contributed by atoms with Crippen molar-refractivity contribution in [2.45, 2.75) is 72.6 Å². The Bertz CT molecular complexity index is 1890. The second-order valence-electron chi connectivity index (χ2n) is 14.7. The first kappa shape index (κ1) is 43.1. The number of fused-ring (bicyclic) bond motifs is 4. The summed E-state index contributed by atoms with van der Waals surface area (Å²) in [6, 6.07) is 46.5. The number of hydrogen-bond acceptors (Lipinski definition) is 2. The zero-order chi connectivity index (χ0) is 35.9. The van der Waals surface area contributed by atoms with Gasteiger partial charge in [0.05, 0.1) is 13.2 Å². The molecule has 52 heavy (non-hydrogen) atoms. The van der Waals surface area contributed by atoms with Crippen LogP contribution in [0.5, 0.6) is 11.5 Å². The molecule has 270 valence electrons. The Hall–Kier alpha value is -3.36. The molecule has 0 amide bonds. The van der Waals surface area contributed by atoms with E-state index >= 15 is 0 Å². The van der Waals surface area contributed by atoms with Gasteiger partial charge in [-0.25, -0.2) is 0 Å². The van der Waals surface area contributed by atoms with Crippen LogP contribution in [0.3, 0.4) is 0 Å². The molecule has 0 saturated carbocycles. The van der Waals surface area contributed by atoms with Crippen molar-refractivity contribution in [1.82, 2.24) is 0 Å². The first-order valence-corrected chi connectivity index (χ1v) is 19.0. The molecule has 0 atom stereocenters. The molecule has 0 bridgehead atoms. The third-order valence-corrected chi connectivity index (χ3v) is 10.3. The van der Waals surface area contributed by atoms with Gasteiger partial charge in [-0.1, -0.05) is 77.4 Å². The van der Waals surface area contributed by atoms with Gasteiger partial charge in [0.1, 0.15) is 11.5 Å². The predicted molar refractivity (Wildman–Crippen MR) is 209 cm³/mol. The van der Waals surface area contributed by atoms with E-state index in [4.69, 9.17) is 9.47 Å². The van der Waals surface area contributed by atoms with Crippen LogP contribution < -0.4 is 34.3 Å². The number of halogens is 2. The molecule has 0 spiro atoms. The molecule has 0 fully saturated rings. The summed E-state index contributed by atoms with van der Waals surface area (Å²) in [5.41, 5.74) is 11.4. The fourth-order valence-electron chi connectivity index (χ4n) is 6.08. The normalized spacial score (nSPS) is 11.3. The first-order valence-electron chi connectivity index (χ1n) is 17.7. The third kappa shape index (κ3) is 10.8. The summed E-state index contributed by atoms with van der Waals surface area (Å²) in [6.45, 7) is 18.9. The molecule has 6 aromatic carbocycles. The van der Waals surface area contributed by atoms with Crippen LogP contribution in [0, 0.1) is 6.07 Å². The molecule has 0 aliphatic heterocycles. The molecule has 0 unspecified atom stereocenters. The average molecular weight is 809 g/mol. The minimum absolute atomic E-state index is 0. The number of hydrogen-bond donors (Lipinski definition) is 0. The van der Waals surface area contributed by atoms with Gasteiger partial charge in [-0.3, -0.25) is 0 Å². The second kappa shape index (κ2) is 19.1. The Labute approximate surface area is 339 Å². The van der Waals surface area contributed by atoms with E-state index in [1.165, 1.54) is 82.7 Å². The Balaban J connectivity index is 0.000000212. The molecule has 0 N–H and O–H groups in total. The minimum atomic E-state index is 0. The van der Waals surface area contributed by atoms with Gasteiger partial charge in [-0.2, -0.15) is 35.9 Å². The van der Waals surface area contributed by atoms with Crippen molar-refractivity contribution in [3.63, 3.8) is 0 Å². The van der Waals surface area contributed by atoms with Crippen molar-refractivity contribution >= 4 is 14.0 Å². The Kier molecular flexibility index (Phi) is 15.8. The molecule has 0 saturated heterocycles. The van der Waals surface area contributed by atoms with Crippen LogP contribution in [0.1, 0.15) is 88.8 Å². The number of ether oxygens (including phenoxy) is 2. The van der Waals surface area contributed by atoms with E-state index in [1.807, 2.05) is 32.0 Å². The van der Waals surface area contributed by atoms with Crippen LogP contribution >= 0.6 is 0 Å². The van der Waals surface area contributed by atoms with Crippen molar-refractivity contribution in [3.8, 4) is 22.6 Å². The van der Waals surface area contributed by atoms with Gasteiger partial charge >= 0.3 is 99.2 Å². The van der Waals surface area contributed by atoms with E-state index in [9.17, 15) is 0 Å². The molecule has 1 aliphatic carbocycles. The third-order valence-electron chi connectivity index (χ3n) is 8.89. The number of rotatable bonds is 6. The monoisotopic (exact) mass is 806 g/mol. The second-order valence-corrected chi connectivity index (χ2v) is 16.0. The summed E-state index contributed by atoms with van der Waals surface area (Å²) in [7, 11) is 0. The molecule has 5 heteroatoms. The van der Waals surface area contributed by atoms with Crippen molar-refractivity contribution in [2.75, 3.05) is 13.2 Å². The van der Waals surface area contributed by atoms with Crippen molar-refractivity contribution in [3.05, 3.63) is 161 Å². The van der Waals surface area contributed by atoms with E-state index in [1.54, 1.807) is 0 Å². The molecule has 1 aliphatic rings. The summed E-state index contributed by atoms with van der Waals surface area (Å²) in [5, 5.41) is 2.39. The van der Waals surface area contributed by atoms with Crippen LogP contribution in [0.25, 0.3) is 21.9 Å². The predicted octanol–water partition coefficient (Wildman–Crippen LogP) is 5.82. The van der Waals surface area contributed by atoms with Gasteiger partial charge in [0.2, 0.25) is 0 Å². The molecule has 0 radical (unpaired) electrons. The van der Waals surface area contributed by atoms with Crippen LogP contribution in [-0.2, 0) is 41.5 Å². The number of benzene rings is 5.